The van der Waals surface area contributed by atoms with Crippen molar-refractivity contribution in [3.05, 3.63) is 41.7 Å². The molecule has 0 aliphatic heterocycles. The number of ether oxygens (including phenoxy) is 2. The number of carboxylic acid groups (broad SMARTS) is 1. The Morgan fingerprint density at radius 1 is 1.19 bits per heavy atom. The maximum absolute atomic E-state index is 11.2. The van der Waals surface area contributed by atoms with Crippen molar-refractivity contribution in [1.29, 1.82) is 0 Å². The van der Waals surface area contributed by atoms with Gasteiger partial charge in [0.25, 0.3) is 0 Å². The van der Waals surface area contributed by atoms with E-state index in [2.05, 4.69) is 5.32 Å². The van der Waals surface area contributed by atoms with Crippen molar-refractivity contribution in [2.45, 2.75) is 37.8 Å². The van der Waals surface area contributed by atoms with Crippen LogP contribution in [0.1, 0.15) is 25.7 Å². The van der Waals surface area contributed by atoms with E-state index in [1.54, 1.807) is 33.4 Å². The average molecular weight is 459 g/mol. The van der Waals surface area contributed by atoms with Crippen LogP contribution in [0.3, 0.4) is 0 Å². The highest BCUT2D eigenvalue weighted by Crippen LogP contribution is 2.38. The molecule has 0 radical (unpaired) electrons. The van der Waals surface area contributed by atoms with E-state index in [9.17, 15) is 9.90 Å². The van der Waals surface area contributed by atoms with Crippen molar-refractivity contribution in [3.8, 4) is 22.8 Å². The molecule has 0 bridgehead atoms. The van der Waals surface area contributed by atoms with E-state index in [4.69, 9.17) is 26.1 Å². The SMILES string of the molecule is COc1cc(OC)c(-c2cn3ccc(NC4CCC(N(C)C(=O)O)CC4)cc3n2)cc1Cl. The molecule has 1 fully saturated rings. The van der Waals surface area contributed by atoms with Crippen LogP contribution < -0.4 is 14.8 Å². The van der Waals surface area contributed by atoms with Crippen molar-refractivity contribution >= 4 is 29.0 Å². The van der Waals surface area contributed by atoms with Crippen LogP contribution in [0.15, 0.2) is 36.7 Å². The smallest absolute Gasteiger partial charge is 0.407 e. The van der Waals surface area contributed by atoms with Gasteiger partial charge in [0.1, 0.15) is 17.1 Å². The second-order valence-corrected chi connectivity index (χ2v) is 8.44. The average Bonchev–Trinajstić information content (AvgIpc) is 3.22. The standard InChI is InChI=1S/C23H27ClN4O4/c1-27(23(29)30)16-6-4-14(5-7-16)25-15-8-9-28-13-19(26-22(28)10-15)17-11-18(24)21(32-3)12-20(17)31-2/h8-14,16,25H,4-7H2,1-3H3,(H,29,30). The zero-order valence-electron chi connectivity index (χ0n) is 18.3. The molecule has 8 nitrogen and oxygen atoms in total. The van der Waals surface area contributed by atoms with E-state index >= 15 is 0 Å². The van der Waals surface area contributed by atoms with E-state index in [0.717, 1.165) is 48.3 Å². The molecular formula is C23H27ClN4O4. The molecule has 2 aromatic heterocycles. The van der Waals surface area contributed by atoms with Crippen LogP contribution >= 0.6 is 11.6 Å². The molecule has 0 atom stereocenters. The Balaban J connectivity index is 1.51. The van der Waals surface area contributed by atoms with E-state index in [1.807, 2.05) is 28.9 Å². The third-order valence-corrected chi connectivity index (χ3v) is 6.42. The molecular weight excluding hydrogens is 432 g/mol. The number of carbonyl (C=O) groups is 1. The van der Waals surface area contributed by atoms with Gasteiger partial charge in [-0.1, -0.05) is 11.6 Å². The lowest BCUT2D eigenvalue weighted by atomic mass is 9.90. The summed E-state index contributed by atoms with van der Waals surface area (Å²) >= 11 is 6.33. The number of halogens is 1. The number of rotatable bonds is 6. The summed E-state index contributed by atoms with van der Waals surface area (Å²) in [4.78, 5) is 17.4. The molecule has 0 spiro atoms. The topological polar surface area (TPSA) is 88.3 Å². The number of hydrogen-bond donors (Lipinski definition) is 2. The summed E-state index contributed by atoms with van der Waals surface area (Å²) in [6.07, 6.45) is 6.60. The Hall–Kier alpha value is -3.13. The van der Waals surface area contributed by atoms with Gasteiger partial charge in [-0.2, -0.15) is 0 Å². The minimum absolute atomic E-state index is 0.0918. The van der Waals surface area contributed by atoms with Gasteiger partial charge in [0.15, 0.2) is 0 Å². The number of benzene rings is 1. The van der Waals surface area contributed by atoms with E-state index < -0.39 is 6.09 Å². The first-order valence-electron chi connectivity index (χ1n) is 10.5. The predicted molar refractivity (Wildman–Crippen MR) is 124 cm³/mol. The number of nitrogens with one attached hydrogen (secondary N) is 1. The summed E-state index contributed by atoms with van der Waals surface area (Å²) in [6, 6.07) is 7.99. The highest BCUT2D eigenvalue weighted by molar-refractivity contribution is 6.32. The number of amides is 1. The minimum atomic E-state index is -0.864. The summed E-state index contributed by atoms with van der Waals surface area (Å²) in [6.45, 7) is 0. The fourth-order valence-electron chi connectivity index (χ4n) is 4.26. The fraction of sp³-hybridized carbons (Fsp3) is 0.391. The van der Waals surface area contributed by atoms with Gasteiger partial charge in [-0.3, -0.25) is 0 Å². The second-order valence-electron chi connectivity index (χ2n) is 8.04. The van der Waals surface area contributed by atoms with Gasteiger partial charge in [0.05, 0.1) is 24.9 Å². The third kappa shape index (κ3) is 4.41. The summed E-state index contributed by atoms with van der Waals surface area (Å²) in [5, 5.41) is 13.2. The number of methoxy groups -OCH3 is 2. The summed E-state index contributed by atoms with van der Waals surface area (Å²) in [5.74, 6) is 1.18. The summed E-state index contributed by atoms with van der Waals surface area (Å²) in [5.41, 5.74) is 3.33. The number of hydrogen-bond acceptors (Lipinski definition) is 5. The van der Waals surface area contributed by atoms with E-state index in [0.29, 0.717) is 22.6 Å². The van der Waals surface area contributed by atoms with Crippen LogP contribution in [0.4, 0.5) is 10.5 Å². The monoisotopic (exact) mass is 458 g/mol. The lowest BCUT2D eigenvalue weighted by molar-refractivity contribution is 0.125. The Morgan fingerprint density at radius 3 is 2.56 bits per heavy atom. The first-order chi connectivity index (χ1) is 15.4. The van der Waals surface area contributed by atoms with E-state index in [-0.39, 0.29) is 6.04 Å². The first kappa shape index (κ1) is 22.1. The van der Waals surface area contributed by atoms with Crippen molar-refractivity contribution < 1.29 is 19.4 Å². The summed E-state index contributed by atoms with van der Waals surface area (Å²) in [7, 11) is 4.82. The van der Waals surface area contributed by atoms with Gasteiger partial charge in [-0.25, -0.2) is 9.78 Å². The maximum atomic E-state index is 11.2. The second kappa shape index (κ2) is 9.16. The van der Waals surface area contributed by atoms with Gasteiger partial charge in [0, 0.05) is 54.9 Å². The van der Waals surface area contributed by atoms with Crippen molar-refractivity contribution in [3.63, 3.8) is 0 Å². The Morgan fingerprint density at radius 2 is 1.91 bits per heavy atom. The molecule has 2 heterocycles. The van der Waals surface area contributed by atoms with Crippen LogP contribution in [-0.4, -0.2) is 58.8 Å². The van der Waals surface area contributed by atoms with Crippen molar-refractivity contribution in [2.75, 3.05) is 26.6 Å². The molecule has 3 aromatic rings. The highest BCUT2D eigenvalue weighted by Gasteiger charge is 2.26. The zero-order chi connectivity index (χ0) is 22.8. The third-order valence-electron chi connectivity index (χ3n) is 6.13. The number of nitrogens with zero attached hydrogens (tertiary/aromatic N) is 3. The number of fused-ring (bicyclic) bond motifs is 1. The van der Waals surface area contributed by atoms with Crippen LogP contribution in [-0.2, 0) is 0 Å². The van der Waals surface area contributed by atoms with Gasteiger partial charge in [0.2, 0.25) is 0 Å². The quantitative estimate of drug-likeness (QED) is 0.540. The molecule has 32 heavy (non-hydrogen) atoms. The van der Waals surface area contributed by atoms with Gasteiger partial charge < -0.3 is 29.2 Å². The van der Waals surface area contributed by atoms with Crippen LogP contribution in [0.2, 0.25) is 5.02 Å². The molecule has 9 heteroatoms. The molecule has 1 aliphatic rings. The van der Waals surface area contributed by atoms with Gasteiger partial charge in [-0.05, 0) is 37.8 Å². The molecule has 1 aliphatic carbocycles. The zero-order valence-corrected chi connectivity index (χ0v) is 19.1. The predicted octanol–water partition coefficient (Wildman–Crippen LogP) is 5.00. The first-order valence-corrected chi connectivity index (χ1v) is 10.9. The largest absolute Gasteiger partial charge is 0.496 e. The normalized spacial score (nSPS) is 18.4. The number of imidazole rings is 1. The number of aromatic nitrogens is 2. The van der Waals surface area contributed by atoms with Gasteiger partial charge in [-0.15, -0.1) is 0 Å². The molecule has 2 N–H and O–H groups in total. The molecule has 170 valence electrons. The Labute approximate surface area is 191 Å². The molecule has 1 amide bonds. The molecule has 0 saturated heterocycles. The Bertz CT molecular complexity index is 1120. The van der Waals surface area contributed by atoms with Crippen molar-refractivity contribution in [2.24, 2.45) is 0 Å². The lowest BCUT2D eigenvalue weighted by Crippen LogP contribution is -2.40. The fourth-order valence-corrected chi connectivity index (χ4v) is 4.50. The van der Waals surface area contributed by atoms with E-state index in [1.165, 1.54) is 4.90 Å². The molecule has 1 aromatic carbocycles. The number of pyridine rings is 1. The van der Waals surface area contributed by atoms with Gasteiger partial charge >= 0.3 is 6.09 Å². The molecule has 1 saturated carbocycles. The minimum Gasteiger partial charge on any atom is -0.496 e. The lowest BCUT2D eigenvalue weighted by Gasteiger charge is -2.33. The van der Waals surface area contributed by atoms with Crippen LogP contribution in [0, 0.1) is 0 Å². The number of anilines is 1. The molecule has 4 rings (SSSR count). The summed E-state index contributed by atoms with van der Waals surface area (Å²) < 4.78 is 12.8. The van der Waals surface area contributed by atoms with Crippen molar-refractivity contribution in [1.82, 2.24) is 14.3 Å². The van der Waals surface area contributed by atoms with Crippen LogP contribution in [0.5, 0.6) is 11.5 Å². The van der Waals surface area contributed by atoms with Crippen LogP contribution in [0.25, 0.3) is 16.9 Å². The maximum Gasteiger partial charge on any atom is 0.407 e. The Kier molecular flexibility index (Phi) is 6.32. The molecule has 0 unspecified atom stereocenters. The highest BCUT2D eigenvalue weighted by atomic mass is 35.5.